The third kappa shape index (κ3) is 4.19. The van der Waals surface area contributed by atoms with Crippen molar-refractivity contribution in [3.8, 4) is 0 Å². The first-order chi connectivity index (χ1) is 8.01. The van der Waals surface area contributed by atoms with Gasteiger partial charge in [-0.2, -0.15) is 0 Å². The van der Waals surface area contributed by atoms with Crippen molar-refractivity contribution >= 4 is 31.2 Å². The van der Waals surface area contributed by atoms with Gasteiger partial charge in [-0.15, -0.1) is 0 Å². The fourth-order valence-corrected chi connectivity index (χ4v) is 5.11. The van der Waals surface area contributed by atoms with Crippen LogP contribution in [0.3, 0.4) is 0 Å². The standard InChI is InChI=1S/C8H14N2O5S3/c1-5(4-17(3,12)13)10-18(14,15)7-6(2)9-8(11)16-7/h5,10H,4H2,1-3H3,(H,9,11). The molecule has 0 aliphatic heterocycles. The average molecular weight is 314 g/mol. The van der Waals surface area contributed by atoms with E-state index in [0.29, 0.717) is 11.3 Å². The molecule has 1 rings (SSSR count). The largest absolute Gasteiger partial charge is 0.315 e. The number of aromatic amines is 1. The number of hydrogen-bond donors (Lipinski definition) is 2. The van der Waals surface area contributed by atoms with Crippen molar-refractivity contribution in [2.24, 2.45) is 0 Å². The van der Waals surface area contributed by atoms with Gasteiger partial charge in [0.25, 0.3) is 10.0 Å². The zero-order valence-corrected chi connectivity index (χ0v) is 12.5. The molecule has 0 saturated heterocycles. The lowest BCUT2D eigenvalue weighted by atomic mass is 10.4. The Labute approximate surface area is 109 Å². The maximum Gasteiger partial charge on any atom is 0.305 e. The summed E-state index contributed by atoms with van der Waals surface area (Å²) in [5, 5.41) is 0. The Kier molecular flexibility index (Phi) is 4.36. The van der Waals surface area contributed by atoms with E-state index in [0.717, 1.165) is 6.26 Å². The summed E-state index contributed by atoms with van der Waals surface area (Å²) in [4.78, 5) is 12.9. The van der Waals surface area contributed by atoms with Gasteiger partial charge in [0, 0.05) is 18.0 Å². The summed E-state index contributed by atoms with van der Waals surface area (Å²) in [6.45, 7) is 2.91. The van der Waals surface area contributed by atoms with E-state index in [1.165, 1.54) is 13.8 Å². The van der Waals surface area contributed by atoms with Gasteiger partial charge in [-0.1, -0.05) is 11.3 Å². The van der Waals surface area contributed by atoms with Crippen LogP contribution in [0.1, 0.15) is 12.6 Å². The number of thiazole rings is 1. The van der Waals surface area contributed by atoms with E-state index in [1.807, 2.05) is 0 Å². The Hall–Kier alpha value is -0.710. The van der Waals surface area contributed by atoms with E-state index in [1.54, 1.807) is 0 Å². The molecule has 0 aromatic carbocycles. The summed E-state index contributed by atoms with van der Waals surface area (Å²) in [6.07, 6.45) is 1.03. The second kappa shape index (κ2) is 5.11. The van der Waals surface area contributed by atoms with Crippen LogP contribution >= 0.6 is 11.3 Å². The Morgan fingerprint density at radius 1 is 1.33 bits per heavy atom. The number of H-pyrrole nitrogens is 1. The van der Waals surface area contributed by atoms with Gasteiger partial charge in [-0.05, 0) is 13.8 Å². The molecule has 1 aromatic heterocycles. The lowest BCUT2D eigenvalue weighted by Crippen LogP contribution is -2.37. The van der Waals surface area contributed by atoms with Crippen LogP contribution in [0.15, 0.2) is 9.00 Å². The van der Waals surface area contributed by atoms with Crippen molar-refractivity contribution < 1.29 is 16.8 Å². The molecule has 0 spiro atoms. The van der Waals surface area contributed by atoms with Gasteiger partial charge in [0.2, 0.25) is 0 Å². The van der Waals surface area contributed by atoms with Crippen LogP contribution in [0.25, 0.3) is 0 Å². The molecule has 1 aromatic rings. The Morgan fingerprint density at radius 2 is 1.89 bits per heavy atom. The zero-order chi connectivity index (χ0) is 14.1. The molecule has 10 heteroatoms. The first kappa shape index (κ1) is 15.3. The van der Waals surface area contributed by atoms with E-state index in [2.05, 4.69) is 9.71 Å². The van der Waals surface area contributed by atoms with Crippen molar-refractivity contribution in [1.82, 2.24) is 9.71 Å². The molecule has 0 amide bonds. The molecule has 18 heavy (non-hydrogen) atoms. The van der Waals surface area contributed by atoms with Gasteiger partial charge in [0.1, 0.15) is 9.84 Å². The molecule has 1 atom stereocenters. The molecule has 0 aliphatic carbocycles. The highest BCUT2D eigenvalue weighted by Gasteiger charge is 2.24. The number of sulfone groups is 1. The lowest BCUT2D eigenvalue weighted by molar-refractivity contribution is 0.565. The van der Waals surface area contributed by atoms with Gasteiger partial charge in [-0.25, -0.2) is 21.6 Å². The van der Waals surface area contributed by atoms with E-state index in [-0.39, 0.29) is 15.7 Å². The summed E-state index contributed by atoms with van der Waals surface area (Å²) >= 11 is 0.570. The molecule has 0 bridgehead atoms. The topological polar surface area (TPSA) is 113 Å². The minimum Gasteiger partial charge on any atom is -0.315 e. The van der Waals surface area contributed by atoms with Gasteiger partial charge >= 0.3 is 4.87 Å². The predicted octanol–water partition coefficient (Wildman–Crippen LogP) is -0.544. The highest BCUT2D eigenvalue weighted by atomic mass is 32.2. The van der Waals surface area contributed by atoms with Gasteiger partial charge < -0.3 is 4.98 Å². The van der Waals surface area contributed by atoms with Crippen LogP contribution < -0.4 is 9.60 Å². The van der Waals surface area contributed by atoms with Crippen molar-refractivity contribution in [3.63, 3.8) is 0 Å². The number of rotatable bonds is 5. The molecule has 2 N–H and O–H groups in total. The summed E-state index contributed by atoms with van der Waals surface area (Å²) in [7, 11) is -7.14. The first-order valence-corrected chi connectivity index (χ1v) is 9.27. The van der Waals surface area contributed by atoms with Crippen LogP contribution in [-0.2, 0) is 19.9 Å². The quantitative estimate of drug-likeness (QED) is 0.757. The van der Waals surface area contributed by atoms with Gasteiger partial charge in [-0.3, -0.25) is 4.79 Å². The number of nitrogens with one attached hydrogen (secondary N) is 2. The molecule has 0 radical (unpaired) electrons. The minimum absolute atomic E-state index is 0.118. The van der Waals surface area contributed by atoms with Crippen LogP contribution in [0, 0.1) is 6.92 Å². The van der Waals surface area contributed by atoms with Crippen LogP contribution in [0.4, 0.5) is 0 Å². The van der Waals surface area contributed by atoms with Crippen LogP contribution in [0.5, 0.6) is 0 Å². The zero-order valence-electron chi connectivity index (χ0n) is 10.1. The van der Waals surface area contributed by atoms with Crippen LogP contribution in [-0.4, -0.2) is 39.9 Å². The molecule has 0 fully saturated rings. The monoisotopic (exact) mass is 314 g/mol. The fourth-order valence-electron chi connectivity index (χ4n) is 1.45. The van der Waals surface area contributed by atoms with E-state index < -0.39 is 30.8 Å². The van der Waals surface area contributed by atoms with Crippen molar-refractivity contribution in [2.45, 2.75) is 24.1 Å². The summed E-state index contributed by atoms with van der Waals surface area (Å²) in [5.74, 6) is -0.301. The first-order valence-electron chi connectivity index (χ1n) is 4.91. The Balaban J connectivity index is 2.96. The number of sulfonamides is 1. The maximum absolute atomic E-state index is 11.9. The number of aromatic nitrogens is 1. The Morgan fingerprint density at radius 3 is 2.28 bits per heavy atom. The number of aryl methyl sites for hydroxylation is 1. The van der Waals surface area contributed by atoms with Crippen molar-refractivity contribution in [3.05, 3.63) is 15.4 Å². The normalized spacial score (nSPS) is 14.6. The van der Waals surface area contributed by atoms with E-state index in [9.17, 15) is 21.6 Å². The highest BCUT2D eigenvalue weighted by molar-refractivity contribution is 7.92. The average Bonchev–Trinajstić information content (AvgIpc) is 2.40. The second-order valence-corrected chi connectivity index (χ2v) is 9.12. The predicted molar refractivity (Wildman–Crippen MR) is 69.2 cm³/mol. The van der Waals surface area contributed by atoms with E-state index >= 15 is 0 Å². The molecular weight excluding hydrogens is 300 g/mol. The third-order valence-electron chi connectivity index (χ3n) is 1.93. The molecule has 1 unspecified atom stereocenters. The lowest BCUT2D eigenvalue weighted by Gasteiger charge is -2.12. The third-order valence-corrected chi connectivity index (χ3v) is 6.23. The summed E-state index contributed by atoms with van der Waals surface area (Å²) < 4.78 is 48.0. The highest BCUT2D eigenvalue weighted by Crippen LogP contribution is 2.15. The minimum atomic E-state index is -3.87. The smallest absolute Gasteiger partial charge is 0.305 e. The van der Waals surface area contributed by atoms with E-state index in [4.69, 9.17) is 0 Å². The summed E-state index contributed by atoms with van der Waals surface area (Å²) in [6, 6.07) is -0.762. The molecule has 0 aliphatic rings. The Bertz CT molecular complexity index is 683. The molecule has 7 nitrogen and oxygen atoms in total. The number of hydrogen-bond acceptors (Lipinski definition) is 6. The molecular formula is C8H14N2O5S3. The maximum atomic E-state index is 11.9. The second-order valence-electron chi connectivity index (χ2n) is 4.04. The van der Waals surface area contributed by atoms with Gasteiger partial charge in [0.05, 0.1) is 5.75 Å². The van der Waals surface area contributed by atoms with Crippen molar-refractivity contribution in [1.29, 1.82) is 0 Å². The van der Waals surface area contributed by atoms with Crippen LogP contribution in [0.2, 0.25) is 0 Å². The molecule has 104 valence electrons. The fraction of sp³-hybridized carbons (Fsp3) is 0.625. The molecule has 1 heterocycles. The SMILES string of the molecule is Cc1[nH]c(=O)sc1S(=O)(=O)NC(C)CS(C)(=O)=O. The summed E-state index contributed by atoms with van der Waals surface area (Å²) in [5.41, 5.74) is 0.240. The van der Waals surface area contributed by atoms with Crippen molar-refractivity contribution in [2.75, 3.05) is 12.0 Å². The molecule has 0 saturated carbocycles. The van der Waals surface area contributed by atoms with Gasteiger partial charge in [0.15, 0.2) is 4.21 Å².